The van der Waals surface area contributed by atoms with E-state index in [9.17, 15) is 9.18 Å². The van der Waals surface area contributed by atoms with E-state index in [1.165, 1.54) is 17.7 Å². The Morgan fingerprint density at radius 1 is 1.07 bits per heavy atom. The van der Waals surface area contributed by atoms with E-state index in [-0.39, 0.29) is 17.8 Å². The van der Waals surface area contributed by atoms with Gasteiger partial charge in [0, 0.05) is 25.7 Å². The second kappa shape index (κ2) is 8.75. The summed E-state index contributed by atoms with van der Waals surface area (Å²) in [7, 11) is 0. The van der Waals surface area contributed by atoms with Gasteiger partial charge in [0.2, 0.25) is 0 Å². The highest BCUT2D eigenvalue weighted by molar-refractivity contribution is 5.93. The van der Waals surface area contributed by atoms with Gasteiger partial charge in [0.05, 0.1) is 11.4 Å². The number of nitrogens with zero attached hydrogens (tertiary/aromatic N) is 4. The number of aryl methyl sites for hydroxylation is 1. The van der Waals surface area contributed by atoms with Crippen molar-refractivity contribution in [2.75, 3.05) is 13.1 Å². The van der Waals surface area contributed by atoms with Crippen molar-refractivity contribution in [2.45, 2.75) is 39.3 Å². The average molecular weight is 407 g/mol. The van der Waals surface area contributed by atoms with Gasteiger partial charge in [-0.25, -0.2) is 9.07 Å². The fraction of sp³-hybridized carbons (Fsp3) is 0.348. The van der Waals surface area contributed by atoms with E-state index in [1.54, 1.807) is 4.68 Å². The molecule has 2 aromatic carbocycles. The second-order valence-corrected chi connectivity index (χ2v) is 7.92. The molecule has 0 aliphatic carbocycles. The first-order valence-corrected chi connectivity index (χ1v) is 10.3. The van der Waals surface area contributed by atoms with E-state index in [2.05, 4.69) is 20.5 Å². The highest BCUT2D eigenvalue weighted by atomic mass is 19.1. The Morgan fingerprint density at radius 2 is 1.73 bits per heavy atom. The lowest BCUT2D eigenvalue weighted by atomic mass is 10.0. The van der Waals surface area contributed by atoms with Crippen LogP contribution in [-0.2, 0) is 6.54 Å². The summed E-state index contributed by atoms with van der Waals surface area (Å²) in [6, 6.07) is 14.7. The molecule has 1 fully saturated rings. The van der Waals surface area contributed by atoms with Gasteiger partial charge in [0.15, 0.2) is 5.69 Å². The Bertz CT molecular complexity index is 1010. The van der Waals surface area contributed by atoms with Gasteiger partial charge in [-0.1, -0.05) is 35.0 Å². The number of carbonyl (C=O) groups excluding carboxylic acids is 1. The maximum atomic E-state index is 13.1. The van der Waals surface area contributed by atoms with Crippen molar-refractivity contribution < 1.29 is 9.18 Å². The Balaban J connectivity index is 1.33. The number of likely N-dealkylation sites (tertiary alicyclic amines) is 1. The molecule has 0 unspecified atom stereocenters. The van der Waals surface area contributed by atoms with Gasteiger partial charge in [-0.05, 0) is 56.5 Å². The minimum atomic E-state index is -0.213. The molecular formula is C23H26FN5O. The quantitative estimate of drug-likeness (QED) is 0.704. The predicted octanol–water partition coefficient (Wildman–Crippen LogP) is 3.42. The van der Waals surface area contributed by atoms with Gasteiger partial charge >= 0.3 is 0 Å². The first-order valence-electron chi connectivity index (χ1n) is 10.3. The molecule has 30 heavy (non-hydrogen) atoms. The van der Waals surface area contributed by atoms with Crippen LogP contribution in [0.3, 0.4) is 0 Å². The standard InChI is InChI=1S/C23H26FN5O/c1-16-3-9-21(10-4-16)29-17(2)22(26-27-29)23(30)25-20-11-13-28(14-12-20)15-18-5-7-19(24)8-6-18/h3-10,20H,11-15H2,1-2H3,(H,25,30). The topological polar surface area (TPSA) is 63.1 Å². The lowest BCUT2D eigenvalue weighted by Crippen LogP contribution is -2.44. The number of rotatable bonds is 5. The number of carbonyl (C=O) groups is 1. The molecular weight excluding hydrogens is 381 g/mol. The fourth-order valence-electron chi connectivity index (χ4n) is 3.81. The number of amides is 1. The molecule has 0 spiro atoms. The van der Waals surface area contributed by atoms with Gasteiger partial charge in [-0.2, -0.15) is 0 Å². The molecule has 7 heteroatoms. The SMILES string of the molecule is Cc1ccc(-n2nnc(C(=O)NC3CCN(Cc4ccc(F)cc4)CC3)c2C)cc1. The zero-order valence-corrected chi connectivity index (χ0v) is 17.3. The molecule has 1 amide bonds. The molecule has 1 aliphatic heterocycles. The monoisotopic (exact) mass is 407 g/mol. The zero-order chi connectivity index (χ0) is 21.1. The lowest BCUT2D eigenvalue weighted by Gasteiger charge is -2.32. The Hall–Kier alpha value is -3.06. The van der Waals surface area contributed by atoms with E-state index in [0.717, 1.165) is 49.4 Å². The molecule has 1 saturated heterocycles. The zero-order valence-electron chi connectivity index (χ0n) is 17.3. The summed E-state index contributed by atoms with van der Waals surface area (Å²) >= 11 is 0. The Kier molecular flexibility index (Phi) is 5.90. The largest absolute Gasteiger partial charge is 0.348 e. The number of aromatic nitrogens is 3. The molecule has 3 aromatic rings. The predicted molar refractivity (Wildman–Crippen MR) is 113 cm³/mol. The summed E-state index contributed by atoms with van der Waals surface area (Å²) in [6.07, 6.45) is 1.75. The maximum absolute atomic E-state index is 13.1. The summed E-state index contributed by atoms with van der Waals surface area (Å²) in [5, 5.41) is 11.4. The number of hydrogen-bond acceptors (Lipinski definition) is 4. The second-order valence-electron chi connectivity index (χ2n) is 7.92. The van der Waals surface area contributed by atoms with E-state index < -0.39 is 0 Å². The fourth-order valence-corrected chi connectivity index (χ4v) is 3.81. The van der Waals surface area contributed by atoms with Crippen LogP contribution in [0.1, 0.15) is 40.2 Å². The minimum absolute atomic E-state index is 0.117. The molecule has 0 saturated carbocycles. The van der Waals surface area contributed by atoms with Crippen LogP contribution in [0.25, 0.3) is 5.69 Å². The van der Waals surface area contributed by atoms with Crippen molar-refractivity contribution in [3.63, 3.8) is 0 Å². The normalized spacial score (nSPS) is 15.3. The Labute approximate surface area is 175 Å². The van der Waals surface area contributed by atoms with Crippen LogP contribution in [0.15, 0.2) is 48.5 Å². The van der Waals surface area contributed by atoms with Gasteiger partial charge in [0.25, 0.3) is 5.91 Å². The van der Waals surface area contributed by atoms with Gasteiger partial charge in [-0.3, -0.25) is 9.69 Å². The van der Waals surface area contributed by atoms with E-state index in [4.69, 9.17) is 0 Å². The van der Waals surface area contributed by atoms with E-state index in [1.807, 2.05) is 50.2 Å². The number of halogens is 1. The van der Waals surface area contributed by atoms with Crippen LogP contribution in [0.4, 0.5) is 4.39 Å². The van der Waals surface area contributed by atoms with Crippen molar-refractivity contribution in [3.8, 4) is 5.69 Å². The van der Waals surface area contributed by atoms with Crippen molar-refractivity contribution in [2.24, 2.45) is 0 Å². The molecule has 1 N–H and O–H groups in total. The van der Waals surface area contributed by atoms with E-state index in [0.29, 0.717) is 5.69 Å². The highest BCUT2D eigenvalue weighted by Gasteiger charge is 2.24. The van der Waals surface area contributed by atoms with Gasteiger partial charge in [-0.15, -0.1) is 5.10 Å². The van der Waals surface area contributed by atoms with Crippen molar-refractivity contribution in [3.05, 3.63) is 76.9 Å². The van der Waals surface area contributed by atoms with Crippen LogP contribution in [0.2, 0.25) is 0 Å². The van der Waals surface area contributed by atoms with Crippen LogP contribution in [0.5, 0.6) is 0 Å². The minimum Gasteiger partial charge on any atom is -0.348 e. The summed E-state index contributed by atoms with van der Waals surface area (Å²) < 4.78 is 14.7. The molecule has 0 atom stereocenters. The van der Waals surface area contributed by atoms with Crippen molar-refractivity contribution >= 4 is 5.91 Å². The molecule has 1 aromatic heterocycles. The van der Waals surface area contributed by atoms with Crippen LogP contribution in [0, 0.1) is 19.7 Å². The van der Waals surface area contributed by atoms with E-state index >= 15 is 0 Å². The third-order valence-corrected chi connectivity index (χ3v) is 5.63. The van der Waals surface area contributed by atoms with Crippen LogP contribution >= 0.6 is 0 Å². The number of nitrogens with one attached hydrogen (secondary N) is 1. The smallest absolute Gasteiger partial charge is 0.273 e. The number of benzene rings is 2. The number of piperidine rings is 1. The summed E-state index contributed by atoms with van der Waals surface area (Å²) in [5.74, 6) is -0.391. The average Bonchev–Trinajstić information content (AvgIpc) is 3.13. The first-order chi connectivity index (χ1) is 14.5. The lowest BCUT2D eigenvalue weighted by molar-refractivity contribution is 0.0903. The third kappa shape index (κ3) is 4.57. The van der Waals surface area contributed by atoms with Crippen LogP contribution < -0.4 is 5.32 Å². The van der Waals surface area contributed by atoms with Crippen molar-refractivity contribution in [1.82, 2.24) is 25.2 Å². The van der Waals surface area contributed by atoms with Crippen molar-refractivity contribution in [1.29, 1.82) is 0 Å². The molecule has 0 radical (unpaired) electrons. The summed E-state index contributed by atoms with van der Waals surface area (Å²) in [5.41, 5.74) is 4.25. The summed E-state index contributed by atoms with van der Waals surface area (Å²) in [4.78, 5) is 15.1. The molecule has 156 valence electrons. The highest BCUT2D eigenvalue weighted by Crippen LogP contribution is 2.16. The third-order valence-electron chi connectivity index (χ3n) is 5.63. The summed E-state index contributed by atoms with van der Waals surface area (Å²) in [6.45, 7) is 6.46. The van der Waals surface area contributed by atoms with Gasteiger partial charge in [0.1, 0.15) is 5.82 Å². The number of hydrogen-bond donors (Lipinski definition) is 1. The molecule has 1 aliphatic rings. The van der Waals surface area contributed by atoms with Gasteiger partial charge < -0.3 is 5.32 Å². The molecule has 6 nitrogen and oxygen atoms in total. The van der Waals surface area contributed by atoms with Crippen LogP contribution in [-0.4, -0.2) is 44.9 Å². The first kappa shape index (κ1) is 20.2. The maximum Gasteiger partial charge on any atom is 0.273 e. The molecule has 0 bridgehead atoms. The molecule has 2 heterocycles. The Morgan fingerprint density at radius 3 is 2.40 bits per heavy atom. The molecule has 4 rings (SSSR count).